The summed E-state index contributed by atoms with van der Waals surface area (Å²) < 4.78 is 1.05. The molecule has 1 aliphatic heterocycles. The first-order valence-corrected chi connectivity index (χ1v) is 8.62. The normalized spacial score (nSPS) is 15.1. The Bertz CT molecular complexity index is 783. The first-order chi connectivity index (χ1) is 11.1. The highest BCUT2D eigenvalue weighted by molar-refractivity contribution is 9.10. The van der Waals surface area contributed by atoms with Crippen molar-refractivity contribution in [2.24, 2.45) is 4.99 Å². The zero-order valence-corrected chi connectivity index (χ0v) is 14.9. The van der Waals surface area contributed by atoms with Crippen LogP contribution >= 0.6 is 15.9 Å². The molecule has 2 aromatic carbocycles. The molecule has 1 amide bonds. The molecule has 0 unspecified atom stereocenters. The Labute approximate surface area is 145 Å². The van der Waals surface area contributed by atoms with Crippen molar-refractivity contribution in [1.82, 2.24) is 0 Å². The van der Waals surface area contributed by atoms with E-state index >= 15 is 0 Å². The van der Waals surface area contributed by atoms with Gasteiger partial charge in [-0.3, -0.25) is 4.79 Å². The molecule has 0 aliphatic carbocycles. The van der Waals surface area contributed by atoms with Crippen molar-refractivity contribution >= 4 is 33.4 Å². The number of carbonyl (C=O) groups is 1. The van der Waals surface area contributed by atoms with Crippen LogP contribution in [0, 0.1) is 6.92 Å². The lowest BCUT2D eigenvalue weighted by Crippen LogP contribution is -2.28. The fourth-order valence-corrected chi connectivity index (χ4v) is 3.22. The summed E-state index contributed by atoms with van der Waals surface area (Å²) in [5.74, 6) is 0.670. The number of carbonyl (C=O) groups excluding carboxylic acids is 1. The van der Waals surface area contributed by atoms with Crippen molar-refractivity contribution in [1.29, 1.82) is 0 Å². The molecule has 118 valence electrons. The van der Waals surface area contributed by atoms with E-state index in [2.05, 4.69) is 44.9 Å². The van der Waals surface area contributed by atoms with Crippen molar-refractivity contribution in [2.75, 3.05) is 11.4 Å². The third kappa shape index (κ3) is 3.37. The summed E-state index contributed by atoms with van der Waals surface area (Å²) >= 11 is 3.53. The number of halogens is 1. The van der Waals surface area contributed by atoms with E-state index in [1.165, 1.54) is 5.56 Å². The third-order valence-corrected chi connectivity index (χ3v) is 4.43. The molecule has 3 nitrogen and oxygen atoms in total. The largest absolute Gasteiger partial charge is 0.329 e. The van der Waals surface area contributed by atoms with Crippen molar-refractivity contribution in [3.8, 4) is 0 Å². The van der Waals surface area contributed by atoms with Gasteiger partial charge in [-0.15, -0.1) is 0 Å². The molecular formula is C19H19BrN2O. The van der Waals surface area contributed by atoms with Crippen LogP contribution in [-0.4, -0.2) is 18.3 Å². The maximum atomic E-state index is 12.5. The number of fused-ring (bicyclic) bond motifs is 1. The number of hydrogen-bond donors (Lipinski definition) is 0. The van der Waals surface area contributed by atoms with Crippen LogP contribution in [0.1, 0.15) is 34.8 Å². The van der Waals surface area contributed by atoms with Crippen LogP contribution in [0.15, 0.2) is 51.9 Å². The lowest BCUT2D eigenvalue weighted by Gasteiger charge is -2.19. The fourth-order valence-electron chi connectivity index (χ4n) is 2.88. The van der Waals surface area contributed by atoms with E-state index in [-0.39, 0.29) is 5.91 Å². The Morgan fingerprint density at radius 2 is 2.09 bits per heavy atom. The Morgan fingerprint density at radius 3 is 2.83 bits per heavy atom. The number of rotatable bonds is 3. The summed E-state index contributed by atoms with van der Waals surface area (Å²) in [6.45, 7) is 4.98. The number of aliphatic imine (C=N–C) groups is 1. The maximum Gasteiger partial charge on any atom is 0.278 e. The Kier molecular flexibility index (Phi) is 4.62. The third-order valence-electron chi connectivity index (χ3n) is 3.94. The topological polar surface area (TPSA) is 32.7 Å². The van der Waals surface area contributed by atoms with Gasteiger partial charge in [-0.2, -0.15) is 4.99 Å². The Balaban J connectivity index is 1.94. The van der Waals surface area contributed by atoms with Crippen molar-refractivity contribution < 1.29 is 4.79 Å². The molecule has 0 atom stereocenters. The zero-order chi connectivity index (χ0) is 16.4. The van der Waals surface area contributed by atoms with Crippen LogP contribution in [-0.2, 0) is 6.42 Å². The van der Waals surface area contributed by atoms with Crippen LogP contribution in [0.5, 0.6) is 0 Å². The van der Waals surface area contributed by atoms with Crippen molar-refractivity contribution in [2.45, 2.75) is 26.7 Å². The molecule has 0 bridgehead atoms. The number of hydrogen-bond acceptors (Lipinski definition) is 1. The van der Waals surface area contributed by atoms with Gasteiger partial charge in [0.05, 0.1) is 0 Å². The van der Waals surface area contributed by atoms with Gasteiger partial charge in [-0.1, -0.05) is 46.6 Å². The number of benzene rings is 2. The summed E-state index contributed by atoms with van der Waals surface area (Å²) in [5.41, 5.74) is 4.08. The van der Waals surface area contributed by atoms with Gasteiger partial charge in [0.25, 0.3) is 5.91 Å². The molecule has 1 aliphatic rings. The molecule has 0 saturated heterocycles. The average molecular weight is 371 g/mol. The Morgan fingerprint density at radius 1 is 1.26 bits per heavy atom. The first kappa shape index (κ1) is 15.9. The fraction of sp³-hybridized carbons (Fsp3) is 0.263. The highest BCUT2D eigenvalue weighted by Crippen LogP contribution is 2.32. The van der Waals surface area contributed by atoms with Gasteiger partial charge in [0.1, 0.15) is 5.84 Å². The summed E-state index contributed by atoms with van der Waals surface area (Å²) in [4.78, 5) is 19.1. The molecule has 4 heteroatoms. The molecule has 3 rings (SSSR count). The van der Waals surface area contributed by atoms with Gasteiger partial charge < -0.3 is 4.90 Å². The smallest absolute Gasteiger partial charge is 0.278 e. The molecule has 23 heavy (non-hydrogen) atoms. The summed E-state index contributed by atoms with van der Waals surface area (Å²) in [5, 5.41) is 0. The minimum absolute atomic E-state index is 0.170. The summed E-state index contributed by atoms with van der Waals surface area (Å²) in [6.07, 6.45) is 1.71. The van der Waals surface area contributed by atoms with Gasteiger partial charge in [0, 0.05) is 28.7 Å². The van der Waals surface area contributed by atoms with Crippen molar-refractivity contribution in [3.05, 3.63) is 63.6 Å². The maximum absolute atomic E-state index is 12.5. The van der Waals surface area contributed by atoms with Gasteiger partial charge in [-0.05, 0) is 43.2 Å². The van der Waals surface area contributed by atoms with Crippen LogP contribution < -0.4 is 4.90 Å². The van der Waals surface area contributed by atoms with Gasteiger partial charge >= 0.3 is 0 Å². The lowest BCUT2D eigenvalue weighted by molar-refractivity contribution is 0.100. The zero-order valence-electron chi connectivity index (χ0n) is 13.3. The molecule has 0 spiro atoms. The van der Waals surface area contributed by atoms with Crippen LogP contribution in [0.2, 0.25) is 0 Å². The molecule has 1 heterocycles. The summed E-state index contributed by atoms with van der Waals surface area (Å²) in [7, 11) is 0. The van der Waals surface area contributed by atoms with Crippen LogP contribution in [0.25, 0.3) is 0 Å². The molecule has 0 N–H and O–H groups in total. The van der Waals surface area contributed by atoms with E-state index in [9.17, 15) is 4.79 Å². The second-order valence-electron chi connectivity index (χ2n) is 5.80. The Hall–Kier alpha value is -1.94. The highest BCUT2D eigenvalue weighted by atomic mass is 79.9. The number of anilines is 1. The predicted octanol–water partition coefficient (Wildman–Crippen LogP) is 4.77. The van der Waals surface area contributed by atoms with Gasteiger partial charge in [0.15, 0.2) is 0 Å². The van der Waals surface area contributed by atoms with E-state index in [0.717, 1.165) is 34.5 Å². The van der Waals surface area contributed by atoms with E-state index in [0.29, 0.717) is 12.0 Å². The van der Waals surface area contributed by atoms with Gasteiger partial charge in [-0.25, -0.2) is 0 Å². The van der Waals surface area contributed by atoms with E-state index in [1.54, 1.807) is 0 Å². The number of amides is 1. The van der Waals surface area contributed by atoms with E-state index in [4.69, 9.17) is 0 Å². The standard InChI is InChI=1S/C19H19BrN2O/c1-3-9-22-17-12-16(20)8-7-14(17)11-18(22)21-19(23)15-6-4-5-13(2)10-15/h4-8,10,12H,3,9,11H2,1-2H3. The number of aryl methyl sites for hydroxylation is 1. The van der Waals surface area contributed by atoms with Gasteiger partial charge in [0.2, 0.25) is 0 Å². The first-order valence-electron chi connectivity index (χ1n) is 7.83. The molecule has 2 aromatic rings. The van der Waals surface area contributed by atoms with Crippen LogP contribution in [0.4, 0.5) is 5.69 Å². The van der Waals surface area contributed by atoms with E-state index in [1.807, 2.05) is 37.3 Å². The summed E-state index contributed by atoms with van der Waals surface area (Å²) in [6, 6.07) is 13.8. The van der Waals surface area contributed by atoms with E-state index < -0.39 is 0 Å². The lowest BCUT2D eigenvalue weighted by atomic mass is 10.1. The second kappa shape index (κ2) is 6.67. The van der Waals surface area contributed by atoms with Crippen LogP contribution in [0.3, 0.4) is 0 Å². The molecule has 0 fully saturated rings. The average Bonchev–Trinajstić information content (AvgIpc) is 2.85. The predicted molar refractivity (Wildman–Crippen MR) is 98.4 cm³/mol. The molecule has 0 aromatic heterocycles. The highest BCUT2D eigenvalue weighted by Gasteiger charge is 2.26. The molecule has 0 saturated carbocycles. The quantitative estimate of drug-likeness (QED) is 0.779. The number of nitrogens with zero attached hydrogens (tertiary/aromatic N) is 2. The second-order valence-corrected chi connectivity index (χ2v) is 6.72. The molecular weight excluding hydrogens is 352 g/mol. The number of amidine groups is 1. The minimum Gasteiger partial charge on any atom is -0.329 e. The minimum atomic E-state index is -0.170. The molecule has 0 radical (unpaired) electrons. The SMILES string of the molecule is CCCN1C(=NC(=O)c2cccc(C)c2)Cc2ccc(Br)cc21. The monoisotopic (exact) mass is 370 g/mol. The van der Waals surface area contributed by atoms with Crippen molar-refractivity contribution in [3.63, 3.8) is 0 Å².